The monoisotopic (exact) mass is 461 g/mol. The quantitative estimate of drug-likeness (QED) is 0.331. The third kappa shape index (κ3) is 4.75. The normalized spacial score (nSPS) is 11.7. The molecule has 3 aromatic rings. The van der Waals surface area contributed by atoms with Crippen LogP contribution in [0.2, 0.25) is 0 Å². The van der Waals surface area contributed by atoms with Gasteiger partial charge in [-0.15, -0.1) is 0 Å². The summed E-state index contributed by atoms with van der Waals surface area (Å²) in [4.78, 5) is 4.98. The van der Waals surface area contributed by atoms with Gasteiger partial charge in [-0.1, -0.05) is 6.07 Å². The maximum Gasteiger partial charge on any atom is 0.266 e. The molecule has 0 aliphatic carbocycles. The van der Waals surface area contributed by atoms with Crippen molar-refractivity contribution in [2.75, 3.05) is 18.4 Å². The van der Waals surface area contributed by atoms with Crippen molar-refractivity contribution < 1.29 is 17.5 Å². The van der Waals surface area contributed by atoms with Gasteiger partial charge in [0.05, 0.1) is 31.2 Å². The molecule has 3 N–H and O–H groups in total. The summed E-state index contributed by atoms with van der Waals surface area (Å²) in [7, 11) is -2.79. The lowest BCUT2D eigenvalue weighted by Crippen LogP contribution is -2.36. The molecule has 0 radical (unpaired) electrons. The number of amidine groups is 1. The van der Waals surface area contributed by atoms with Crippen LogP contribution in [0, 0.1) is 16.6 Å². The van der Waals surface area contributed by atoms with Crippen LogP contribution in [0.15, 0.2) is 41.4 Å². The molecular weight excluding hydrogens is 437 g/mol. The number of aromatic nitrogens is 3. The number of sulfonamides is 1. The van der Waals surface area contributed by atoms with Crippen LogP contribution in [-0.4, -0.2) is 60.0 Å². The number of methoxy groups -OCH3 is 1. The largest absolute Gasteiger partial charge is 0.383 e. The lowest BCUT2D eigenvalue weighted by molar-refractivity contribution is 0.185. The Morgan fingerprint density at radius 2 is 2.12 bits per heavy atom. The van der Waals surface area contributed by atoms with Crippen molar-refractivity contribution in [1.82, 2.24) is 19.7 Å². The Morgan fingerprint density at radius 1 is 1.38 bits per heavy atom. The molecule has 2 heterocycles. The van der Waals surface area contributed by atoms with E-state index in [-0.39, 0.29) is 23.4 Å². The lowest BCUT2D eigenvalue weighted by atomic mass is 10.2. The van der Waals surface area contributed by atoms with E-state index in [1.54, 1.807) is 0 Å². The molecule has 32 heavy (non-hydrogen) atoms. The molecule has 0 spiro atoms. The van der Waals surface area contributed by atoms with Crippen LogP contribution >= 0.6 is 0 Å². The highest BCUT2D eigenvalue weighted by Gasteiger charge is 2.23. The molecule has 0 atom stereocenters. The van der Waals surface area contributed by atoms with Crippen LogP contribution in [0.5, 0.6) is 0 Å². The van der Waals surface area contributed by atoms with Crippen molar-refractivity contribution in [2.45, 2.75) is 31.3 Å². The van der Waals surface area contributed by atoms with Crippen molar-refractivity contribution >= 4 is 38.9 Å². The van der Waals surface area contributed by atoms with Gasteiger partial charge >= 0.3 is 0 Å². The van der Waals surface area contributed by atoms with E-state index in [1.165, 1.54) is 47.2 Å². The van der Waals surface area contributed by atoms with Crippen molar-refractivity contribution in [1.29, 1.82) is 10.8 Å². The Balaban J connectivity index is 1.94. The van der Waals surface area contributed by atoms with E-state index in [2.05, 4.69) is 14.8 Å². The van der Waals surface area contributed by atoms with E-state index < -0.39 is 20.7 Å². The van der Waals surface area contributed by atoms with Crippen LogP contribution in [0.3, 0.4) is 0 Å². The minimum Gasteiger partial charge on any atom is -0.383 e. The highest BCUT2D eigenvalue weighted by atomic mass is 32.2. The highest BCUT2D eigenvalue weighted by Crippen LogP contribution is 2.24. The molecule has 0 amide bonds. The average molecular weight is 462 g/mol. The highest BCUT2D eigenvalue weighted by molar-refractivity contribution is 7.92. The van der Waals surface area contributed by atoms with Gasteiger partial charge in [-0.3, -0.25) is 20.2 Å². The molecule has 0 saturated carbocycles. The second kappa shape index (κ2) is 9.40. The number of hydrogen-bond acceptors (Lipinski definition) is 7. The van der Waals surface area contributed by atoms with Gasteiger partial charge in [0.15, 0.2) is 5.84 Å². The molecule has 2 aromatic heterocycles. The predicted molar refractivity (Wildman–Crippen MR) is 119 cm³/mol. The van der Waals surface area contributed by atoms with Crippen LogP contribution in [-0.2, 0) is 21.3 Å². The van der Waals surface area contributed by atoms with Crippen LogP contribution < -0.4 is 4.72 Å². The van der Waals surface area contributed by atoms with Crippen molar-refractivity contribution in [3.63, 3.8) is 0 Å². The number of hydrogen-bond donors (Lipinski definition) is 3. The predicted octanol–water partition coefficient (Wildman–Crippen LogP) is 2.66. The number of nitrogens with one attached hydrogen (secondary N) is 3. The van der Waals surface area contributed by atoms with Gasteiger partial charge in [-0.05, 0) is 38.1 Å². The minimum absolute atomic E-state index is 0.0642. The summed E-state index contributed by atoms with van der Waals surface area (Å²) in [6, 6.07) is 6.63. The fourth-order valence-electron chi connectivity index (χ4n) is 3.06. The van der Waals surface area contributed by atoms with E-state index >= 15 is 0 Å². The summed E-state index contributed by atoms with van der Waals surface area (Å²) < 4.78 is 49.4. The number of rotatable bonds is 9. The molecule has 1 aromatic carbocycles. The zero-order chi connectivity index (χ0) is 23.5. The Bertz CT molecular complexity index is 1260. The average Bonchev–Trinajstić information content (AvgIpc) is 3.13. The summed E-state index contributed by atoms with van der Waals surface area (Å²) in [5.41, 5.74) is 0.613. The van der Waals surface area contributed by atoms with Crippen molar-refractivity contribution in [2.24, 2.45) is 0 Å². The number of pyridine rings is 1. The molecule has 3 rings (SSSR count). The van der Waals surface area contributed by atoms with E-state index in [1.807, 2.05) is 13.8 Å². The second-order valence-corrected chi connectivity index (χ2v) is 8.85. The first-order chi connectivity index (χ1) is 15.2. The Morgan fingerprint density at radius 3 is 2.78 bits per heavy atom. The molecule has 10 nitrogen and oxygen atoms in total. The number of anilines is 1. The van der Waals surface area contributed by atoms with Crippen LogP contribution in [0.4, 0.5) is 10.2 Å². The molecule has 0 unspecified atom stereocenters. The third-order valence-electron chi connectivity index (χ3n) is 4.68. The van der Waals surface area contributed by atoms with Crippen LogP contribution in [0.25, 0.3) is 10.9 Å². The van der Waals surface area contributed by atoms with Gasteiger partial charge in [-0.2, -0.15) is 5.10 Å². The zero-order valence-corrected chi connectivity index (χ0v) is 18.6. The van der Waals surface area contributed by atoms with E-state index in [4.69, 9.17) is 15.6 Å². The van der Waals surface area contributed by atoms with Crippen molar-refractivity contribution in [3.05, 3.63) is 48.0 Å². The lowest BCUT2D eigenvalue weighted by Gasteiger charge is -2.23. The summed E-state index contributed by atoms with van der Waals surface area (Å²) >= 11 is 0. The third-order valence-corrected chi connectivity index (χ3v) is 6.05. The SMILES string of the molecule is COCCn1ncc2cc(F)c(S(=O)(=O)Nc3cccc(C(=N)N(C=N)C(C)C)n3)cc21. The summed E-state index contributed by atoms with van der Waals surface area (Å²) in [5.74, 6) is -1.06. The molecular formula is C20H24FN7O3S. The van der Waals surface area contributed by atoms with E-state index in [0.717, 1.165) is 12.4 Å². The first kappa shape index (κ1) is 23.3. The smallest absolute Gasteiger partial charge is 0.266 e. The number of fused-ring (bicyclic) bond motifs is 1. The fraction of sp³-hybridized carbons (Fsp3) is 0.300. The Kier molecular flexibility index (Phi) is 6.84. The number of nitrogens with zero attached hydrogens (tertiary/aromatic N) is 4. The second-order valence-electron chi connectivity index (χ2n) is 7.19. The molecule has 0 aliphatic rings. The first-order valence-corrected chi connectivity index (χ1v) is 11.2. The fourth-order valence-corrected chi connectivity index (χ4v) is 4.14. The molecule has 0 aliphatic heterocycles. The molecule has 170 valence electrons. The Hall–Kier alpha value is -3.38. The standard InChI is InChI=1S/C20H24FN7O3S/c1-13(2)27(12-22)20(23)16-5-4-6-19(25-16)26-32(29,30)18-10-17-14(9-15(18)21)11-24-28(17)7-8-31-3/h4-6,9-13,22-23H,7-8H2,1-3H3,(H,25,26). The number of halogens is 1. The summed E-state index contributed by atoms with van der Waals surface area (Å²) in [6.07, 6.45) is 2.46. The molecule has 0 bridgehead atoms. The number of benzene rings is 1. The van der Waals surface area contributed by atoms with E-state index in [0.29, 0.717) is 24.1 Å². The summed E-state index contributed by atoms with van der Waals surface area (Å²) in [5, 5.41) is 20.3. The summed E-state index contributed by atoms with van der Waals surface area (Å²) in [6.45, 7) is 4.36. The molecule has 0 saturated heterocycles. The molecule has 12 heteroatoms. The van der Waals surface area contributed by atoms with Gasteiger partial charge in [-0.25, -0.2) is 17.8 Å². The maximum absolute atomic E-state index is 14.7. The zero-order valence-electron chi connectivity index (χ0n) is 17.8. The topological polar surface area (TPSA) is 137 Å². The maximum atomic E-state index is 14.7. The van der Waals surface area contributed by atoms with E-state index in [9.17, 15) is 12.8 Å². The van der Waals surface area contributed by atoms with Gasteiger partial charge in [0, 0.05) is 18.5 Å². The van der Waals surface area contributed by atoms with Gasteiger partial charge in [0.2, 0.25) is 0 Å². The van der Waals surface area contributed by atoms with Crippen LogP contribution in [0.1, 0.15) is 19.5 Å². The minimum atomic E-state index is -4.32. The first-order valence-electron chi connectivity index (χ1n) is 9.69. The van der Waals surface area contributed by atoms with Gasteiger partial charge in [0.25, 0.3) is 10.0 Å². The van der Waals surface area contributed by atoms with Crippen molar-refractivity contribution in [3.8, 4) is 0 Å². The van der Waals surface area contributed by atoms with Gasteiger partial charge in [0.1, 0.15) is 22.2 Å². The Labute approximate surface area is 185 Å². The van der Waals surface area contributed by atoms with Gasteiger partial charge < -0.3 is 9.64 Å². The number of ether oxygens (including phenoxy) is 1. The molecule has 0 fully saturated rings.